The third-order valence-corrected chi connectivity index (χ3v) is 4.54. The van der Waals surface area contributed by atoms with Crippen LogP contribution in [0.3, 0.4) is 0 Å². The Hall–Kier alpha value is -2.27. The largest absolute Gasteiger partial charge is 0.399 e. The highest BCUT2D eigenvalue weighted by molar-refractivity contribution is 9.10. The van der Waals surface area contributed by atoms with Crippen molar-refractivity contribution < 1.29 is 4.79 Å². The highest BCUT2D eigenvalue weighted by atomic mass is 79.9. The van der Waals surface area contributed by atoms with Gasteiger partial charge in [0.05, 0.1) is 5.57 Å². The fourth-order valence-electron chi connectivity index (χ4n) is 2.56. The van der Waals surface area contributed by atoms with E-state index in [0.717, 1.165) is 32.7 Å². The van der Waals surface area contributed by atoms with Crippen LogP contribution in [0.25, 0.3) is 5.57 Å². The van der Waals surface area contributed by atoms with Gasteiger partial charge < -0.3 is 16.4 Å². The van der Waals surface area contributed by atoms with E-state index in [-0.39, 0.29) is 5.91 Å². The summed E-state index contributed by atoms with van der Waals surface area (Å²) in [6, 6.07) is 11.4. The molecule has 0 radical (unpaired) electrons. The van der Waals surface area contributed by atoms with Crippen LogP contribution in [0.4, 0.5) is 17.1 Å². The van der Waals surface area contributed by atoms with E-state index in [0.29, 0.717) is 11.3 Å². The first-order valence-corrected chi connectivity index (χ1v) is 7.70. The Balaban J connectivity index is 2.01. The predicted molar refractivity (Wildman–Crippen MR) is 94.6 cm³/mol. The topological polar surface area (TPSA) is 67.2 Å². The van der Waals surface area contributed by atoms with Crippen molar-refractivity contribution in [1.82, 2.24) is 0 Å². The number of nitrogens with one attached hydrogen (secondary N) is 2. The number of allylic oxidation sites excluding steroid dienone is 1. The first kappa shape index (κ1) is 14.7. The van der Waals surface area contributed by atoms with Crippen LogP contribution in [0.2, 0.25) is 0 Å². The summed E-state index contributed by atoms with van der Waals surface area (Å²) < 4.78 is 1.06. The predicted octanol–water partition coefficient (Wildman–Crippen LogP) is 4.13. The fourth-order valence-corrected chi connectivity index (χ4v) is 2.81. The first-order chi connectivity index (χ1) is 10.5. The number of fused-ring (bicyclic) bond motifs is 1. The van der Waals surface area contributed by atoms with Crippen molar-refractivity contribution in [2.45, 2.75) is 13.8 Å². The second kappa shape index (κ2) is 5.50. The summed E-state index contributed by atoms with van der Waals surface area (Å²) >= 11 is 3.48. The van der Waals surface area contributed by atoms with Gasteiger partial charge in [0.25, 0.3) is 5.91 Å². The van der Waals surface area contributed by atoms with E-state index in [1.165, 1.54) is 0 Å². The zero-order valence-corrected chi connectivity index (χ0v) is 13.9. The summed E-state index contributed by atoms with van der Waals surface area (Å²) in [5.41, 5.74) is 11.6. The van der Waals surface area contributed by atoms with E-state index in [4.69, 9.17) is 5.73 Å². The Bertz CT molecular complexity index is 812. The average Bonchev–Trinajstić information content (AvgIpc) is 2.78. The molecule has 0 unspecified atom stereocenters. The first-order valence-electron chi connectivity index (χ1n) is 6.91. The number of benzene rings is 2. The molecule has 22 heavy (non-hydrogen) atoms. The maximum absolute atomic E-state index is 12.2. The molecule has 0 saturated heterocycles. The summed E-state index contributed by atoms with van der Waals surface area (Å²) in [7, 11) is 0. The van der Waals surface area contributed by atoms with Gasteiger partial charge in [0.2, 0.25) is 0 Å². The lowest BCUT2D eigenvalue weighted by Crippen LogP contribution is -2.08. The van der Waals surface area contributed by atoms with Gasteiger partial charge in [0.1, 0.15) is 0 Å². The van der Waals surface area contributed by atoms with Crippen LogP contribution < -0.4 is 16.4 Å². The lowest BCUT2D eigenvalue weighted by atomic mass is 10.0. The maximum atomic E-state index is 12.2. The number of carbonyl (C=O) groups is 1. The maximum Gasteiger partial charge on any atom is 0.258 e. The van der Waals surface area contributed by atoms with Gasteiger partial charge >= 0.3 is 0 Å². The molecule has 1 aliphatic rings. The standard InChI is InChI=1S/C17H16BrN3O/c1-9-7-12(4-5-14(9)18)20-10(2)16-13-8-11(19)3-6-15(13)21-17(16)22/h3-8,20H,19H2,1-2H3,(H,21,22)/b16-10-. The Labute approximate surface area is 137 Å². The molecule has 0 aromatic heterocycles. The Morgan fingerprint density at radius 3 is 2.73 bits per heavy atom. The zero-order valence-electron chi connectivity index (χ0n) is 12.3. The van der Waals surface area contributed by atoms with Crippen LogP contribution in [-0.4, -0.2) is 5.91 Å². The number of nitrogen functional groups attached to an aromatic ring is 1. The molecule has 3 rings (SSSR count). The highest BCUT2D eigenvalue weighted by Crippen LogP contribution is 2.35. The summed E-state index contributed by atoms with van der Waals surface area (Å²) in [6.45, 7) is 3.92. The third kappa shape index (κ3) is 2.60. The molecular formula is C17H16BrN3O. The lowest BCUT2D eigenvalue weighted by Gasteiger charge is -2.11. The van der Waals surface area contributed by atoms with Gasteiger partial charge in [-0.2, -0.15) is 0 Å². The van der Waals surface area contributed by atoms with Crippen molar-refractivity contribution in [2.24, 2.45) is 0 Å². The normalized spacial score (nSPS) is 15.3. The molecule has 4 nitrogen and oxygen atoms in total. The number of aryl methyl sites for hydroxylation is 1. The Kier molecular flexibility index (Phi) is 3.66. The van der Waals surface area contributed by atoms with Crippen LogP contribution >= 0.6 is 15.9 Å². The van der Waals surface area contributed by atoms with E-state index in [2.05, 4.69) is 26.6 Å². The molecule has 2 aromatic carbocycles. The molecule has 112 valence electrons. The molecule has 5 heteroatoms. The second-order valence-corrected chi connectivity index (χ2v) is 6.20. The fraction of sp³-hybridized carbons (Fsp3) is 0.118. The number of halogens is 1. The quantitative estimate of drug-likeness (QED) is 0.559. The smallest absolute Gasteiger partial charge is 0.258 e. The van der Waals surface area contributed by atoms with Crippen LogP contribution in [0.15, 0.2) is 46.6 Å². The molecule has 4 N–H and O–H groups in total. The molecule has 0 fully saturated rings. The minimum atomic E-state index is -0.112. The van der Waals surface area contributed by atoms with Crippen molar-refractivity contribution >= 4 is 44.5 Å². The molecule has 0 aliphatic carbocycles. The molecule has 2 aromatic rings. The molecule has 1 heterocycles. The summed E-state index contributed by atoms with van der Waals surface area (Å²) in [5.74, 6) is -0.112. The van der Waals surface area contributed by atoms with E-state index >= 15 is 0 Å². The molecule has 0 atom stereocenters. The SMILES string of the molecule is C/C(Nc1ccc(Br)c(C)c1)=C1/C(=O)Nc2ccc(N)cc21. The van der Waals surface area contributed by atoms with Crippen LogP contribution in [-0.2, 0) is 4.79 Å². The molecule has 1 aliphatic heterocycles. The van der Waals surface area contributed by atoms with E-state index in [1.54, 1.807) is 6.07 Å². The van der Waals surface area contributed by atoms with Gasteiger partial charge in [0.15, 0.2) is 0 Å². The molecule has 0 bridgehead atoms. The minimum absolute atomic E-state index is 0.112. The van der Waals surface area contributed by atoms with Crippen LogP contribution in [0.1, 0.15) is 18.1 Å². The summed E-state index contributed by atoms with van der Waals surface area (Å²) in [5, 5.41) is 6.16. The Morgan fingerprint density at radius 2 is 2.00 bits per heavy atom. The van der Waals surface area contributed by atoms with Crippen LogP contribution in [0, 0.1) is 6.92 Å². The van der Waals surface area contributed by atoms with Gasteiger partial charge in [-0.1, -0.05) is 15.9 Å². The lowest BCUT2D eigenvalue weighted by molar-refractivity contribution is -0.110. The van der Waals surface area contributed by atoms with Crippen molar-refractivity contribution in [3.63, 3.8) is 0 Å². The van der Waals surface area contributed by atoms with Gasteiger partial charge in [-0.3, -0.25) is 4.79 Å². The number of anilines is 3. The number of hydrogen-bond donors (Lipinski definition) is 3. The number of amides is 1. The molecule has 1 amide bonds. The van der Waals surface area contributed by atoms with Crippen molar-refractivity contribution in [2.75, 3.05) is 16.4 Å². The molecule has 0 spiro atoms. The molecule has 0 saturated carbocycles. The van der Waals surface area contributed by atoms with Crippen LogP contribution in [0.5, 0.6) is 0 Å². The van der Waals surface area contributed by atoms with Crippen molar-refractivity contribution in [1.29, 1.82) is 0 Å². The van der Waals surface area contributed by atoms with E-state index in [9.17, 15) is 4.79 Å². The number of carbonyl (C=O) groups excluding carboxylic acids is 1. The summed E-state index contributed by atoms with van der Waals surface area (Å²) in [6.07, 6.45) is 0. The molecular weight excluding hydrogens is 342 g/mol. The van der Waals surface area contributed by atoms with E-state index < -0.39 is 0 Å². The number of rotatable bonds is 2. The highest BCUT2D eigenvalue weighted by Gasteiger charge is 2.26. The monoisotopic (exact) mass is 357 g/mol. The minimum Gasteiger partial charge on any atom is -0.399 e. The van der Waals surface area contributed by atoms with E-state index in [1.807, 2.05) is 44.2 Å². The number of hydrogen-bond acceptors (Lipinski definition) is 3. The average molecular weight is 358 g/mol. The summed E-state index contributed by atoms with van der Waals surface area (Å²) in [4.78, 5) is 12.2. The second-order valence-electron chi connectivity index (χ2n) is 5.35. The van der Waals surface area contributed by atoms with Crippen molar-refractivity contribution in [3.05, 3.63) is 57.7 Å². The van der Waals surface area contributed by atoms with Gasteiger partial charge in [-0.15, -0.1) is 0 Å². The van der Waals surface area contributed by atoms with Gasteiger partial charge in [-0.25, -0.2) is 0 Å². The van der Waals surface area contributed by atoms with Gasteiger partial charge in [-0.05, 0) is 55.8 Å². The van der Waals surface area contributed by atoms with Crippen molar-refractivity contribution in [3.8, 4) is 0 Å². The third-order valence-electron chi connectivity index (χ3n) is 3.65. The Morgan fingerprint density at radius 1 is 1.23 bits per heavy atom. The zero-order chi connectivity index (χ0) is 15.9. The van der Waals surface area contributed by atoms with Gasteiger partial charge in [0, 0.05) is 32.8 Å². The number of nitrogens with two attached hydrogens (primary N) is 1.